The van der Waals surface area contributed by atoms with Crippen LogP contribution in [0.15, 0.2) is 40.9 Å². The van der Waals surface area contributed by atoms with Crippen LogP contribution in [0, 0.1) is 6.92 Å². The summed E-state index contributed by atoms with van der Waals surface area (Å²) in [5, 5.41) is 0.710. The Labute approximate surface area is 114 Å². The van der Waals surface area contributed by atoms with Crippen molar-refractivity contribution < 1.29 is 4.74 Å². The van der Waals surface area contributed by atoms with E-state index in [9.17, 15) is 0 Å². The van der Waals surface area contributed by atoms with Gasteiger partial charge in [0.1, 0.15) is 6.61 Å². The number of benzene rings is 1. The van der Waals surface area contributed by atoms with Crippen LogP contribution in [0.5, 0.6) is 5.88 Å². The molecule has 4 heteroatoms. The van der Waals surface area contributed by atoms with Gasteiger partial charge in [-0.25, -0.2) is 4.98 Å². The lowest BCUT2D eigenvalue weighted by molar-refractivity contribution is 0.293. The molecule has 0 radical (unpaired) electrons. The Morgan fingerprint density at radius 3 is 2.71 bits per heavy atom. The van der Waals surface area contributed by atoms with Gasteiger partial charge in [-0.2, -0.15) is 0 Å². The van der Waals surface area contributed by atoms with Crippen molar-refractivity contribution in [1.82, 2.24) is 4.98 Å². The molecular formula is C13H11BrClNO. The number of hydrogen-bond donors (Lipinski definition) is 0. The third-order valence-corrected chi connectivity index (χ3v) is 3.54. The molecular weight excluding hydrogens is 302 g/mol. The van der Waals surface area contributed by atoms with Crippen LogP contribution in [0.25, 0.3) is 0 Å². The molecule has 0 saturated carbocycles. The van der Waals surface area contributed by atoms with Gasteiger partial charge in [0.05, 0.1) is 5.69 Å². The molecule has 0 N–H and O–H groups in total. The molecule has 17 heavy (non-hydrogen) atoms. The van der Waals surface area contributed by atoms with Crippen LogP contribution in [0.2, 0.25) is 5.02 Å². The molecule has 1 heterocycles. The van der Waals surface area contributed by atoms with E-state index < -0.39 is 0 Å². The van der Waals surface area contributed by atoms with Crippen molar-refractivity contribution in [1.29, 1.82) is 0 Å². The monoisotopic (exact) mass is 311 g/mol. The molecule has 0 amide bonds. The number of halogens is 2. The molecule has 2 nitrogen and oxygen atoms in total. The summed E-state index contributed by atoms with van der Waals surface area (Å²) in [5.41, 5.74) is 1.86. The Morgan fingerprint density at radius 2 is 2.00 bits per heavy atom. The second-order valence-electron chi connectivity index (χ2n) is 3.60. The summed E-state index contributed by atoms with van der Waals surface area (Å²) in [4.78, 5) is 4.31. The Morgan fingerprint density at radius 1 is 1.24 bits per heavy atom. The smallest absolute Gasteiger partial charge is 0.213 e. The third-order valence-electron chi connectivity index (χ3n) is 2.33. The maximum absolute atomic E-state index is 6.04. The number of nitrogens with zero attached hydrogens (tertiary/aromatic N) is 1. The van der Waals surface area contributed by atoms with Crippen molar-refractivity contribution in [3.63, 3.8) is 0 Å². The number of ether oxygens (including phenoxy) is 1. The average molecular weight is 313 g/mol. The Hall–Kier alpha value is -1.06. The average Bonchev–Trinajstić information content (AvgIpc) is 2.32. The normalized spacial score (nSPS) is 10.3. The molecule has 1 aromatic heterocycles. The molecule has 0 bridgehead atoms. The van der Waals surface area contributed by atoms with Gasteiger partial charge in [0.2, 0.25) is 5.88 Å². The topological polar surface area (TPSA) is 22.1 Å². The van der Waals surface area contributed by atoms with Crippen molar-refractivity contribution in [2.45, 2.75) is 13.5 Å². The highest BCUT2D eigenvalue weighted by atomic mass is 79.9. The fraction of sp³-hybridized carbons (Fsp3) is 0.154. The highest BCUT2D eigenvalue weighted by molar-refractivity contribution is 9.10. The maximum Gasteiger partial charge on any atom is 0.213 e. The zero-order valence-corrected chi connectivity index (χ0v) is 11.6. The molecule has 1 aromatic carbocycles. The largest absolute Gasteiger partial charge is 0.473 e. The lowest BCUT2D eigenvalue weighted by atomic mass is 10.2. The molecule has 0 aliphatic rings. The van der Waals surface area contributed by atoms with Crippen LogP contribution < -0.4 is 4.74 Å². The first-order valence-electron chi connectivity index (χ1n) is 5.16. The van der Waals surface area contributed by atoms with Gasteiger partial charge < -0.3 is 4.74 Å². The van der Waals surface area contributed by atoms with Gasteiger partial charge in [0.25, 0.3) is 0 Å². The molecule has 88 valence electrons. The summed E-state index contributed by atoms with van der Waals surface area (Å²) < 4.78 is 6.57. The first-order chi connectivity index (χ1) is 8.16. The van der Waals surface area contributed by atoms with Gasteiger partial charge in [-0.3, -0.25) is 0 Å². The molecule has 0 aliphatic heterocycles. The van der Waals surface area contributed by atoms with E-state index >= 15 is 0 Å². The molecule has 0 atom stereocenters. The summed E-state index contributed by atoms with van der Waals surface area (Å²) in [5.74, 6) is 0.602. The highest BCUT2D eigenvalue weighted by Gasteiger charge is 2.02. The second kappa shape index (κ2) is 5.52. The molecule has 0 aliphatic carbocycles. The van der Waals surface area contributed by atoms with E-state index in [1.54, 1.807) is 0 Å². The fourth-order valence-electron chi connectivity index (χ4n) is 1.37. The molecule has 2 aromatic rings. The van der Waals surface area contributed by atoms with E-state index in [0.29, 0.717) is 17.5 Å². The summed E-state index contributed by atoms with van der Waals surface area (Å²) >= 11 is 9.44. The number of rotatable bonds is 3. The number of hydrogen-bond acceptors (Lipinski definition) is 2. The van der Waals surface area contributed by atoms with Gasteiger partial charge in [-0.05, 0) is 35.0 Å². The first-order valence-corrected chi connectivity index (χ1v) is 6.33. The number of pyridine rings is 1. The van der Waals surface area contributed by atoms with Crippen molar-refractivity contribution in [3.8, 4) is 5.88 Å². The predicted molar refractivity (Wildman–Crippen MR) is 72.5 cm³/mol. The van der Waals surface area contributed by atoms with E-state index in [-0.39, 0.29) is 0 Å². The second-order valence-corrected chi connectivity index (χ2v) is 4.86. The first kappa shape index (κ1) is 12.4. The van der Waals surface area contributed by atoms with Crippen LogP contribution in [-0.2, 0) is 6.61 Å². The summed E-state index contributed by atoms with van der Waals surface area (Å²) in [7, 11) is 0. The molecule has 0 fully saturated rings. The van der Waals surface area contributed by atoms with Crippen LogP contribution in [0.3, 0.4) is 0 Å². The maximum atomic E-state index is 6.04. The molecule has 0 unspecified atom stereocenters. The third kappa shape index (κ3) is 3.20. The van der Waals surface area contributed by atoms with Gasteiger partial charge in [0.15, 0.2) is 0 Å². The SMILES string of the molecule is Cc1nc(OCc2ccccc2Cl)ccc1Br. The fourth-order valence-corrected chi connectivity index (χ4v) is 1.78. The Kier molecular flexibility index (Phi) is 4.02. The summed E-state index contributed by atoms with van der Waals surface area (Å²) in [6.07, 6.45) is 0. The van der Waals surface area contributed by atoms with E-state index in [2.05, 4.69) is 20.9 Å². The molecule has 2 rings (SSSR count). The molecule has 0 spiro atoms. The van der Waals surface area contributed by atoms with Crippen LogP contribution in [0.1, 0.15) is 11.3 Å². The van der Waals surface area contributed by atoms with Crippen molar-refractivity contribution in [3.05, 3.63) is 57.2 Å². The van der Waals surface area contributed by atoms with Gasteiger partial charge in [0, 0.05) is 21.1 Å². The van der Waals surface area contributed by atoms with Crippen LogP contribution in [-0.4, -0.2) is 4.98 Å². The van der Waals surface area contributed by atoms with Crippen LogP contribution in [0.4, 0.5) is 0 Å². The van der Waals surface area contributed by atoms with Crippen molar-refractivity contribution in [2.24, 2.45) is 0 Å². The Balaban J connectivity index is 2.08. The van der Waals surface area contributed by atoms with Gasteiger partial charge in [-0.15, -0.1) is 0 Å². The van der Waals surface area contributed by atoms with Crippen LogP contribution >= 0.6 is 27.5 Å². The minimum atomic E-state index is 0.424. The lowest BCUT2D eigenvalue weighted by Crippen LogP contribution is -1.98. The Bertz CT molecular complexity index is 531. The zero-order chi connectivity index (χ0) is 12.3. The summed E-state index contributed by atoms with van der Waals surface area (Å²) in [6.45, 7) is 2.35. The highest BCUT2D eigenvalue weighted by Crippen LogP contribution is 2.20. The quantitative estimate of drug-likeness (QED) is 0.839. The predicted octanol–water partition coefficient (Wildman–Crippen LogP) is 4.38. The van der Waals surface area contributed by atoms with Gasteiger partial charge >= 0.3 is 0 Å². The van der Waals surface area contributed by atoms with Crippen molar-refractivity contribution >= 4 is 27.5 Å². The van der Waals surface area contributed by atoms with Gasteiger partial charge in [-0.1, -0.05) is 29.8 Å². The number of aromatic nitrogens is 1. The summed E-state index contributed by atoms with van der Waals surface area (Å²) in [6, 6.07) is 11.4. The minimum absolute atomic E-state index is 0.424. The standard InChI is InChI=1S/C13H11BrClNO/c1-9-11(14)6-7-13(16-9)17-8-10-4-2-3-5-12(10)15/h2-7H,8H2,1H3. The van der Waals surface area contributed by atoms with E-state index in [4.69, 9.17) is 16.3 Å². The van der Waals surface area contributed by atoms with Crippen molar-refractivity contribution in [2.75, 3.05) is 0 Å². The molecule has 0 saturated heterocycles. The lowest BCUT2D eigenvalue weighted by Gasteiger charge is -2.07. The van der Waals surface area contributed by atoms with E-state index in [0.717, 1.165) is 15.7 Å². The number of aryl methyl sites for hydroxylation is 1. The zero-order valence-electron chi connectivity index (χ0n) is 9.28. The van der Waals surface area contributed by atoms with E-state index in [1.165, 1.54) is 0 Å². The van der Waals surface area contributed by atoms with E-state index in [1.807, 2.05) is 43.3 Å². The minimum Gasteiger partial charge on any atom is -0.473 e.